The lowest BCUT2D eigenvalue weighted by Crippen LogP contribution is -2.27. The molecule has 2 N–H and O–H groups in total. The first-order chi connectivity index (χ1) is 11.8. The van der Waals surface area contributed by atoms with Crippen LogP contribution in [-0.4, -0.2) is 16.4 Å². The van der Waals surface area contributed by atoms with Gasteiger partial charge in [-0.25, -0.2) is 0 Å². The fraction of sp³-hybridized carbons (Fsp3) is 0.368. The van der Waals surface area contributed by atoms with Gasteiger partial charge in [0.2, 0.25) is 0 Å². The number of alkyl halides is 3. The average Bonchev–Trinajstić information content (AvgIpc) is 3.01. The van der Waals surface area contributed by atoms with E-state index in [4.69, 9.17) is 4.74 Å². The van der Waals surface area contributed by atoms with E-state index in [0.717, 1.165) is 5.56 Å². The zero-order valence-corrected chi connectivity index (χ0v) is 13.2. The Hall–Kier alpha value is -2.37. The number of rotatable bonds is 1. The molecule has 0 amide bonds. The van der Waals surface area contributed by atoms with Gasteiger partial charge in [0.05, 0.1) is 5.92 Å². The highest BCUT2D eigenvalue weighted by Crippen LogP contribution is 2.58. The van der Waals surface area contributed by atoms with Gasteiger partial charge in [-0.2, -0.15) is 13.2 Å². The van der Waals surface area contributed by atoms with Crippen LogP contribution < -0.4 is 4.74 Å². The first-order valence-corrected chi connectivity index (χ1v) is 8.18. The maximum Gasteiger partial charge on any atom is 0.391 e. The maximum absolute atomic E-state index is 13.3. The number of aromatic hydroxyl groups is 2. The van der Waals surface area contributed by atoms with E-state index < -0.39 is 18.2 Å². The maximum atomic E-state index is 13.3. The fourth-order valence-electron chi connectivity index (χ4n) is 4.17. The van der Waals surface area contributed by atoms with Gasteiger partial charge in [-0.15, -0.1) is 0 Å². The van der Waals surface area contributed by atoms with Gasteiger partial charge in [-0.05, 0) is 54.7 Å². The molecule has 1 heterocycles. The second-order valence-corrected chi connectivity index (χ2v) is 6.83. The van der Waals surface area contributed by atoms with Crippen molar-refractivity contribution in [1.29, 1.82) is 0 Å². The lowest BCUT2D eigenvalue weighted by Gasteiger charge is -2.36. The summed E-state index contributed by atoms with van der Waals surface area (Å²) < 4.78 is 46.0. The highest BCUT2D eigenvalue weighted by molar-refractivity contribution is 5.46. The second-order valence-electron chi connectivity index (χ2n) is 6.83. The van der Waals surface area contributed by atoms with Gasteiger partial charge in [0, 0.05) is 11.5 Å². The smallest absolute Gasteiger partial charge is 0.391 e. The Morgan fingerprint density at radius 3 is 2.28 bits per heavy atom. The lowest BCUT2D eigenvalue weighted by molar-refractivity contribution is -0.173. The molecule has 2 aromatic rings. The highest BCUT2D eigenvalue weighted by atomic mass is 19.4. The number of hydrogen-bond acceptors (Lipinski definition) is 3. The third kappa shape index (κ3) is 2.79. The molecule has 1 fully saturated rings. The lowest BCUT2D eigenvalue weighted by atomic mass is 9.80. The number of phenolic OH excluding ortho intramolecular Hbond substituents is 2. The van der Waals surface area contributed by atoms with E-state index in [1.807, 2.05) is 0 Å². The molecule has 0 saturated heterocycles. The van der Waals surface area contributed by atoms with Gasteiger partial charge in [0.15, 0.2) is 0 Å². The van der Waals surface area contributed by atoms with Crippen LogP contribution in [0.3, 0.4) is 0 Å². The number of halogens is 3. The molecular weight excluding hydrogens is 333 g/mol. The molecule has 3 unspecified atom stereocenters. The van der Waals surface area contributed by atoms with Crippen LogP contribution >= 0.6 is 0 Å². The summed E-state index contributed by atoms with van der Waals surface area (Å²) in [5.41, 5.74) is 1.39. The van der Waals surface area contributed by atoms with Crippen LogP contribution in [0.25, 0.3) is 0 Å². The van der Waals surface area contributed by atoms with E-state index in [1.54, 1.807) is 18.2 Å². The van der Waals surface area contributed by atoms with Crippen molar-refractivity contribution in [2.24, 2.45) is 11.8 Å². The van der Waals surface area contributed by atoms with Crippen molar-refractivity contribution in [1.82, 2.24) is 0 Å². The third-order valence-corrected chi connectivity index (χ3v) is 5.33. The molecular formula is C19H17F3O3. The summed E-state index contributed by atoms with van der Waals surface area (Å²) in [7, 11) is 0. The molecule has 0 radical (unpaired) electrons. The molecule has 2 aromatic carbocycles. The summed E-state index contributed by atoms with van der Waals surface area (Å²) in [6.45, 7) is 0. The van der Waals surface area contributed by atoms with Crippen molar-refractivity contribution >= 4 is 0 Å². The van der Waals surface area contributed by atoms with Crippen LogP contribution in [0.15, 0.2) is 42.5 Å². The normalized spacial score (nSPS) is 28.1. The monoisotopic (exact) mass is 350 g/mol. The second kappa shape index (κ2) is 5.58. The Morgan fingerprint density at radius 1 is 0.920 bits per heavy atom. The van der Waals surface area contributed by atoms with E-state index in [9.17, 15) is 23.4 Å². The van der Waals surface area contributed by atoms with E-state index in [0.29, 0.717) is 11.3 Å². The van der Waals surface area contributed by atoms with Crippen molar-refractivity contribution in [3.63, 3.8) is 0 Å². The largest absolute Gasteiger partial charge is 0.508 e. The van der Waals surface area contributed by atoms with Crippen LogP contribution in [0.4, 0.5) is 13.2 Å². The standard InChI is InChI=1S/C19H17F3O3/c20-19(21,22)11-7-14-15-9-13(24)5-6-17(15)25-18(16(14)8-11)10-1-3-12(23)4-2-10/h1-6,9,11,14,16,18,23-24H,7-8H2/t11?,14-,16?,18?/m0/s1. The molecule has 0 spiro atoms. The van der Waals surface area contributed by atoms with Gasteiger partial charge in [0.25, 0.3) is 0 Å². The zero-order chi connectivity index (χ0) is 17.8. The molecule has 0 aromatic heterocycles. The Labute approximate surface area is 142 Å². The van der Waals surface area contributed by atoms with Crippen molar-refractivity contribution in [3.05, 3.63) is 53.6 Å². The topological polar surface area (TPSA) is 49.7 Å². The minimum atomic E-state index is -4.24. The van der Waals surface area contributed by atoms with Crippen LogP contribution in [0.5, 0.6) is 17.2 Å². The van der Waals surface area contributed by atoms with Crippen LogP contribution in [0, 0.1) is 11.8 Å². The Morgan fingerprint density at radius 2 is 1.60 bits per heavy atom. The summed E-state index contributed by atoms with van der Waals surface area (Å²) >= 11 is 0. The summed E-state index contributed by atoms with van der Waals surface area (Å²) in [4.78, 5) is 0. The predicted molar refractivity (Wildman–Crippen MR) is 84.6 cm³/mol. The Kier molecular flexibility index (Phi) is 3.60. The first kappa shape index (κ1) is 16.1. The quantitative estimate of drug-likeness (QED) is 0.769. The van der Waals surface area contributed by atoms with Gasteiger partial charge >= 0.3 is 6.18 Å². The molecule has 4 atom stereocenters. The first-order valence-electron chi connectivity index (χ1n) is 8.18. The van der Waals surface area contributed by atoms with Gasteiger partial charge in [-0.3, -0.25) is 0 Å². The predicted octanol–water partition coefficient (Wildman–Crippen LogP) is 4.90. The number of hydrogen-bond donors (Lipinski definition) is 2. The van der Waals surface area contributed by atoms with Gasteiger partial charge in [-0.1, -0.05) is 12.1 Å². The molecule has 3 nitrogen and oxygen atoms in total. The summed E-state index contributed by atoms with van der Waals surface area (Å²) in [6, 6.07) is 11.0. The van der Waals surface area contributed by atoms with E-state index >= 15 is 0 Å². The van der Waals surface area contributed by atoms with Crippen LogP contribution in [0.2, 0.25) is 0 Å². The van der Waals surface area contributed by atoms with Crippen molar-refractivity contribution in [2.45, 2.75) is 31.0 Å². The molecule has 1 aliphatic heterocycles. The highest BCUT2D eigenvalue weighted by Gasteiger charge is 2.53. The molecule has 25 heavy (non-hydrogen) atoms. The third-order valence-electron chi connectivity index (χ3n) is 5.33. The Bertz CT molecular complexity index is 785. The minimum Gasteiger partial charge on any atom is -0.508 e. The SMILES string of the molecule is Oc1ccc(C2Oc3ccc(O)cc3[C@@H]3CC(C(F)(F)F)CC23)cc1. The zero-order valence-electron chi connectivity index (χ0n) is 13.2. The number of fused-ring (bicyclic) bond motifs is 3. The fourth-order valence-corrected chi connectivity index (χ4v) is 4.17. The molecule has 6 heteroatoms. The van der Waals surface area contributed by atoms with Crippen LogP contribution in [-0.2, 0) is 0 Å². The summed E-state index contributed by atoms with van der Waals surface area (Å²) in [6.07, 6.45) is -4.75. The number of ether oxygens (including phenoxy) is 1. The van der Waals surface area contributed by atoms with Crippen molar-refractivity contribution in [2.75, 3.05) is 0 Å². The van der Waals surface area contributed by atoms with E-state index in [-0.39, 0.29) is 36.2 Å². The Balaban J connectivity index is 1.77. The molecule has 4 rings (SSSR count). The average molecular weight is 350 g/mol. The van der Waals surface area contributed by atoms with E-state index in [2.05, 4.69) is 0 Å². The van der Waals surface area contributed by atoms with Crippen molar-refractivity contribution < 1.29 is 28.1 Å². The van der Waals surface area contributed by atoms with Gasteiger partial charge < -0.3 is 14.9 Å². The van der Waals surface area contributed by atoms with Crippen LogP contribution in [0.1, 0.15) is 36.0 Å². The number of phenols is 2. The molecule has 1 aliphatic carbocycles. The molecule has 1 saturated carbocycles. The summed E-state index contributed by atoms with van der Waals surface area (Å²) in [5, 5.41) is 19.2. The molecule has 0 bridgehead atoms. The van der Waals surface area contributed by atoms with Gasteiger partial charge in [0.1, 0.15) is 23.4 Å². The van der Waals surface area contributed by atoms with Crippen molar-refractivity contribution in [3.8, 4) is 17.2 Å². The number of benzene rings is 2. The molecule has 132 valence electrons. The summed E-state index contributed by atoms with van der Waals surface area (Å²) in [5.74, 6) is -1.38. The van der Waals surface area contributed by atoms with E-state index in [1.165, 1.54) is 24.3 Å². The molecule has 2 aliphatic rings. The minimum absolute atomic E-state index is 0.00254.